The molecule has 1 aromatic heterocycles. The third kappa shape index (κ3) is 6.39. The number of carbonyl (C=O) groups excluding carboxylic acids is 1. The first-order chi connectivity index (χ1) is 15.0. The van der Waals surface area contributed by atoms with Crippen LogP contribution in [0.25, 0.3) is 0 Å². The van der Waals surface area contributed by atoms with Crippen LogP contribution in [0, 0.1) is 11.8 Å². The van der Waals surface area contributed by atoms with Gasteiger partial charge >= 0.3 is 0 Å². The fraction of sp³-hybridized carbons (Fsp3) is 0.167. The molecule has 158 valence electrons. The van der Waals surface area contributed by atoms with Gasteiger partial charge < -0.3 is 15.3 Å². The Morgan fingerprint density at radius 3 is 2.61 bits per heavy atom. The van der Waals surface area contributed by atoms with Gasteiger partial charge in [0.25, 0.3) is 5.91 Å². The lowest BCUT2D eigenvalue weighted by Gasteiger charge is -2.22. The SMILES string of the molecule is CCN(CCNC(=O)c1cc(Cl)ccc1Cl)c1ccc(C#Cc2cccc(O)c2)cn1. The number of pyridine rings is 1. The van der Waals surface area contributed by atoms with E-state index < -0.39 is 0 Å². The molecular formula is C24H21Cl2N3O2. The highest BCUT2D eigenvalue weighted by molar-refractivity contribution is 6.35. The number of hydrogen-bond acceptors (Lipinski definition) is 4. The zero-order valence-corrected chi connectivity index (χ0v) is 18.4. The van der Waals surface area contributed by atoms with E-state index in [0.717, 1.165) is 23.5 Å². The number of rotatable bonds is 6. The molecular weight excluding hydrogens is 433 g/mol. The van der Waals surface area contributed by atoms with Crippen molar-refractivity contribution in [1.82, 2.24) is 10.3 Å². The summed E-state index contributed by atoms with van der Waals surface area (Å²) in [6.07, 6.45) is 1.71. The number of anilines is 1. The van der Waals surface area contributed by atoms with Gasteiger partial charge in [-0.1, -0.05) is 41.1 Å². The van der Waals surface area contributed by atoms with E-state index in [4.69, 9.17) is 23.2 Å². The minimum Gasteiger partial charge on any atom is -0.508 e. The maximum atomic E-state index is 12.4. The minimum atomic E-state index is -0.269. The molecule has 2 aromatic carbocycles. The molecule has 0 aliphatic carbocycles. The van der Waals surface area contributed by atoms with Gasteiger partial charge in [0.05, 0.1) is 10.6 Å². The molecule has 0 spiro atoms. The van der Waals surface area contributed by atoms with Gasteiger partial charge in [-0.25, -0.2) is 4.98 Å². The average molecular weight is 454 g/mol. The van der Waals surface area contributed by atoms with Crippen LogP contribution < -0.4 is 10.2 Å². The first-order valence-electron chi connectivity index (χ1n) is 9.71. The molecule has 0 aliphatic rings. The number of nitrogens with zero attached hydrogens (tertiary/aromatic N) is 2. The highest BCUT2D eigenvalue weighted by Gasteiger charge is 2.12. The van der Waals surface area contributed by atoms with E-state index in [0.29, 0.717) is 28.7 Å². The van der Waals surface area contributed by atoms with Crippen molar-refractivity contribution in [1.29, 1.82) is 0 Å². The summed E-state index contributed by atoms with van der Waals surface area (Å²) in [7, 11) is 0. The number of nitrogens with one attached hydrogen (secondary N) is 1. The summed E-state index contributed by atoms with van der Waals surface area (Å²) >= 11 is 12.0. The van der Waals surface area contributed by atoms with E-state index in [1.807, 2.05) is 30.0 Å². The number of amides is 1. The fourth-order valence-electron chi connectivity index (χ4n) is 2.88. The van der Waals surface area contributed by atoms with Crippen LogP contribution in [-0.4, -0.2) is 35.6 Å². The molecule has 5 nitrogen and oxygen atoms in total. The molecule has 31 heavy (non-hydrogen) atoms. The van der Waals surface area contributed by atoms with Crippen LogP contribution in [0.15, 0.2) is 60.8 Å². The quantitative estimate of drug-likeness (QED) is 0.528. The Kier molecular flexibility index (Phi) is 7.77. The molecule has 0 saturated heterocycles. The van der Waals surface area contributed by atoms with Gasteiger partial charge in [-0.3, -0.25) is 4.79 Å². The molecule has 0 saturated carbocycles. The summed E-state index contributed by atoms with van der Waals surface area (Å²) in [5.74, 6) is 6.75. The summed E-state index contributed by atoms with van der Waals surface area (Å²) in [6, 6.07) is 15.4. The van der Waals surface area contributed by atoms with E-state index in [2.05, 4.69) is 22.1 Å². The topological polar surface area (TPSA) is 65.5 Å². The Labute approximate surface area is 191 Å². The van der Waals surface area contributed by atoms with Crippen molar-refractivity contribution in [2.45, 2.75) is 6.92 Å². The third-order valence-electron chi connectivity index (χ3n) is 4.49. The van der Waals surface area contributed by atoms with Crippen molar-refractivity contribution >= 4 is 34.9 Å². The van der Waals surface area contributed by atoms with Crippen LogP contribution in [0.1, 0.15) is 28.4 Å². The lowest BCUT2D eigenvalue weighted by atomic mass is 10.2. The highest BCUT2D eigenvalue weighted by atomic mass is 35.5. The maximum Gasteiger partial charge on any atom is 0.252 e. The summed E-state index contributed by atoms with van der Waals surface area (Å²) in [6.45, 7) is 3.76. The molecule has 2 N–H and O–H groups in total. The maximum absolute atomic E-state index is 12.4. The minimum absolute atomic E-state index is 0.184. The second-order valence-corrected chi connectivity index (χ2v) is 7.51. The van der Waals surface area contributed by atoms with Crippen molar-refractivity contribution in [3.8, 4) is 17.6 Å². The number of benzene rings is 2. The smallest absolute Gasteiger partial charge is 0.252 e. The van der Waals surface area contributed by atoms with Gasteiger partial charge in [0.2, 0.25) is 0 Å². The predicted molar refractivity (Wildman–Crippen MR) is 125 cm³/mol. The van der Waals surface area contributed by atoms with Crippen molar-refractivity contribution in [3.63, 3.8) is 0 Å². The van der Waals surface area contributed by atoms with E-state index in [-0.39, 0.29) is 11.7 Å². The summed E-state index contributed by atoms with van der Waals surface area (Å²) in [5.41, 5.74) is 1.85. The standard InChI is InChI=1S/C24H21Cl2N3O2/c1-2-29(13-12-27-24(31)21-15-19(25)9-10-22(21)26)23-11-8-18(16-28-23)7-6-17-4-3-5-20(30)14-17/h3-5,8-11,14-16,30H,2,12-13H2,1H3,(H,27,31). The number of hydrogen-bond donors (Lipinski definition) is 2. The first kappa shape index (κ1) is 22.5. The van der Waals surface area contributed by atoms with Gasteiger partial charge in [0.15, 0.2) is 0 Å². The molecule has 3 aromatic rings. The average Bonchev–Trinajstić information content (AvgIpc) is 2.77. The molecule has 1 amide bonds. The fourth-order valence-corrected chi connectivity index (χ4v) is 3.26. The lowest BCUT2D eigenvalue weighted by Crippen LogP contribution is -2.35. The van der Waals surface area contributed by atoms with Crippen molar-refractivity contribution in [3.05, 3.63) is 87.5 Å². The number of carbonyl (C=O) groups is 1. The predicted octanol–water partition coefficient (Wildman–Crippen LogP) is 4.75. The number of aromatic hydroxyl groups is 1. The molecule has 0 atom stereocenters. The van der Waals surface area contributed by atoms with Crippen LogP contribution in [0.5, 0.6) is 5.75 Å². The van der Waals surface area contributed by atoms with Crippen LogP contribution in [0.4, 0.5) is 5.82 Å². The van der Waals surface area contributed by atoms with Gasteiger partial charge in [-0.15, -0.1) is 0 Å². The summed E-state index contributed by atoms with van der Waals surface area (Å²) in [4.78, 5) is 18.9. The Hall–Kier alpha value is -3.20. The summed E-state index contributed by atoms with van der Waals surface area (Å²) in [5, 5.41) is 13.2. The first-order valence-corrected chi connectivity index (χ1v) is 10.5. The zero-order valence-electron chi connectivity index (χ0n) is 16.9. The number of aromatic nitrogens is 1. The van der Waals surface area contributed by atoms with E-state index in [1.54, 1.807) is 42.6 Å². The van der Waals surface area contributed by atoms with E-state index >= 15 is 0 Å². The van der Waals surface area contributed by atoms with Crippen LogP contribution in [0.2, 0.25) is 10.0 Å². The van der Waals surface area contributed by atoms with Gasteiger partial charge in [0, 0.05) is 42.0 Å². The molecule has 7 heteroatoms. The Morgan fingerprint density at radius 1 is 1.10 bits per heavy atom. The Morgan fingerprint density at radius 2 is 1.90 bits per heavy atom. The highest BCUT2D eigenvalue weighted by Crippen LogP contribution is 2.20. The molecule has 0 unspecified atom stereocenters. The zero-order chi connectivity index (χ0) is 22.2. The van der Waals surface area contributed by atoms with Gasteiger partial charge in [-0.2, -0.15) is 0 Å². The number of likely N-dealkylation sites (N-methyl/N-ethyl adjacent to an activating group) is 1. The van der Waals surface area contributed by atoms with Gasteiger partial charge in [-0.05, 0) is 55.5 Å². The van der Waals surface area contributed by atoms with Crippen molar-refractivity contribution in [2.75, 3.05) is 24.5 Å². The third-order valence-corrected chi connectivity index (χ3v) is 5.06. The Bertz CT molecular complexity index is 1120. The monoisotopic (exact) mass is 453 g/mol. The molecule has 0 aliphatic heterocycles. The summed E-state index contributed by atoms with van der Waals surface area (Å²) < 4.78 is 0. The molecule has 0 radical (unpaired) electrons. The van der Waals surface area contributed by atoms with Crippen LogP contribution in [-0.2, 0) is 0 Å². The molecule has 1 heterocycles. The molecule has 0 bridgehead atoms. The van der Waals surface area contributed by atoms with Gasteiger partial charge in [0.1, 0.15) is 11.6 Å². The number of phenols is 1. The van der Waals surface area contributed by atoms with Crippen LogP contribution >= 0.6 is 23.2 Å². The Balaban J connectivity index is 1.58. The normalized spacial score (nSPS) is 10.2. The second-order valence-electron chi connectivity index (χ2n) is 6.67. The molecule has 0 fully saturated rings. The van der Waals surface area contributed by atoms with E-state index in [9.17, 15) is 9.90 Å². The molecule has 3 rings (SSSR count). The second kappa shape index (κ2) is 10.7. The lowest BCUT2D eigenvalue weighted by molar-refractivity contribution is 0.0954. The largest absolute Gasteiger partial charge is 0.508 e. The van der Waals surface area contributed by atoms with Crippen molar-refractivity contribution in [2.24, 2.45) is 0 Å². The number of halogens is 2. The van der Waals surface area contributed by atoms with Crippen molar-refractivity contribution < 1.29 is 9.90 Å². The van der Waals surface area contributed by atoms with Crippen LogP contribution in [0.3, 0.4) is 0 Å². The number of phenolic OH excluding ortho intramolecular Hbond substituents is 1. The van der Waals surface area contributed by atoms with E-state index in [1.165, 1.54) is 0 Å².